The van der Waals surface area contributed by atoms with E-state index in [-0.39, 0.29) is 0 Å². The molecular formula is C16H16BrNO2. The lowest BCUT2D eigenvalue weighted by Gasteiger charge is -2.09. The average molecular weight is 334 g/mol. The van der Waals surface area contributed by atoms with Crippen molar-refractivity contribution in [2.75, 3.05) is 12.1 Å². The maximum Gasteiger partial charge on any atom is 0.231 e. The van der Waals surface area contributed by atoms with Crippen LogP contribution in [0.1, 0.15) is 18.1 Å². The predicted octanol–water partition coefficient (Wildman–Crippen LogP) is 4.35. The molecule has 104 valence electrons. The standard InChI is InChI=1S/C16H16BrNO2/c1-2-11-3-5-13(6-4-11)18-9-12-7-14(17)16-15(8-12)19-10-20-16/h3-8,18H,2,9-10H2,1H3. The van der Waals surface area contributed by atoms with Gasteiger partial charge in [0, 0.05) is 12.2 Å². The Kier molecular flexibility index (Phi) is 3.83. The molecule has 0 saturated heterocycles. The summed E-state index contributed by atoms with van der Waals surface area (Å²) in [7, 11) is 0. The molecule has 1 aliphatic heterocycles. The molecule has 1 aliphatic rings. The van der Waals surface area contributed by atoms with Gasteiger partial charge in [-0.15, -0.1) is 0 Å². The number of ether oxygens (including phenoxy) is 2. The van der Waals surface area contributed by atoms with Gasteiger partial charge >= 0.3 is 0 Å². The fourth-order valence-corrected chi connectivity index (χ4v) is 2.79. The first-order chi connectivity index (χ1) is 9.76. The Morgan fingerprint density at radius 2 is 1.90 bits per heavy atom. The highest BCUT2D eigenvalue weighted by Gasteiger charge is 2.17. The fourth-order valence-electron chi connectivity index (χ4n) is 2.19. The zero-order valence-corrected chi connectivity index (χ0v) is 12.9. The van der Waals surface area contributed by atoms with Crippen LogP contribution in [0.5, 0.6) is 11.5 Å². The maximum absolute atomic E-state index is 5.42. The van der Waals surface area contributed by atoms with Crippen LogP contribution in [-0.4, -0.2) is 6.79 Å². The van der Waals surface area contributed by atoms with E-state index in [4.69, 9.17) is 9.47 Å². The second-order valence-electron chi connectivity index (χ2n) is 4.72. The van der Waals surface area contributed by atoms with E-state index in [0.717, 1.165) is 40.2 Å². The summed E-state index contributed by atoms with van der Waals surface area (Å²) in [6, 6.07) is 12.6. The van der Waals surface area contributed by atoms with E-state index < -0.39 is 0 Å². The van der Waals surface area contributed by atoms with Gasteiger partial charge in [-0.1, -0.05) is 19.1 Å². The first-order valence-corrected chi connectivity index (χ1v) is 7.46. The van der Waals surface area contributed by atoms with E-state index in [1.54, 1.807) is 0 Å². The lowest BCUT2D eigenvalue weighted by atomic mass is 10.1. The van der Waals surface area contributed by atoms with Crippen molar-refractivity contribution in [2.24, 2.45) is 0 Å². The smallest absolute Gasteiger partial charge is 0.231 e. The van der Waals surface area contributed by atoms with E-state index >= 15 is 0 Å². The van der Waals surface area contributed by atoms with E-state index in [0.29, 0.717) is 6.79 Å². The van der Waals surface area contributed by atoms with Crippen LogP contribution >= 0.6 is 15.9 Å². The summed E-state index contributed by atoms with van der Waals surface area (Å²) < 4.78 is 11.7. The normalized spacial score (nSPS) is 12.5. The Labute approximate surface area is 127 Å². The number of nitrogens with one attached hydrogen (secondary N) is 1. The number of aryl methyl sites for hydroxylation is 1. The quantitative estimate of drug-likeness (QED) is 0.902. The number of fused-ring (bicyclic) bond motifs is 1. The van der Waals surface area contributed by atoms with Crippen molar-refractivity contribution in [2.45, 2.75) is 19.9 Å². The molecule has 0 unspecified atom stereocenters. The summed E-state index contributed by atoms with van der Waals surface area (Å²) in [6.45, 7) is 3.20. The molecule has 4 heteroatoms. The van der Waals surface area contributed by atoms with Gasteiger partial charge in [-0.2, -0.15) is 0 Å². The van der Waals surface area contributed by atoms with Crippen LogP contribution in [0.15, 0.2) is 40.9 Å². The minimum Gasteiger partial charge on any atom is -0.454 e. The van der Waals surface area contributed by atoms with Gasteiger partial charge in [-0.25, -0.2) is 0 Å². The fraction of sp³-hybridized carbons (Fsp3) is 0.250. The second kappa shape index (κ2) is 5.75. The van der Waals surface area contributed by atoms with E-state index in [9.17, 15) is 0 Å². The van der Waals surface area contributed by atoms with Gasteiger partial charge in [0.1, 0.15) is 0 Å². The van der Waals surface area contributed by atoms with Crippen LogP contribution in [-0.2, 0) is 13.0 Å². The average Bonchev–Trinajstić information content (AvgIpc) is 2.94. The Bertz CT molecular complexity index is 611. The zero-order valence-electron chi connectivity index (χ0n) is 11.3. The van der Waals surface area contributed by atoms with Crippen LogP contribution in [0.4, 0.5) is 5.69 Å². The molecule has 1 heterocycles. The van der Waals surface area contributed by atoms with Crippen LogP contribution in [0, 0.1) is 0 Å². The van der Waals surface area contributed by atoms with E-state index in [2.05, 4.69) is 58.5 Å². The number of hydrogen-bond donors (Lipinski definition) is 1. The Morgan fingerprint density at radius 1 is 1.10 bits per heavy atom. The van der Waals surface area contributed by atoms with Crippen LogP contribution < -0.4 is 14.8 Å². The summed E-state index contributed by atoms with van der Waals surface area (Å²) in [5.41, 5.74) is 3.62. The number of benzene rings is 2. The molecule has 0 bridgehead atoms. The molecule has 0 radical (unpaired) electrons. The number of anilines is 1. The molecule has 0 saturated carbocycles. The van der Waals surface area contributed by atoms with Crippen molar-refractivity contribution in [1.29, 1.82) is 0 Å². The number of hydrogen-bond acceptors (Lipinski definition) is 3. The monoisotopic (exact) mass is 333 g/mol. The van der Waals surface area contributed by atoms with Gasteiger partial charge in [0.15, 0.2) is 11.5 Å². The molecule has 0 fully saturated rings. The van der Waals surface area contributed by atoms with Crippen molar-refractivity contribution < 1.29 is 9.47 Å². The third-order valence-electron chi connectivity index (χ3n) is 3.35. The molecule has 0 atom stereocenters. The van der Waals surface area contributed by atoms with E-state index in [1.807, 2.05) is 6.07 Å². The SMILES string of the molecule is CCc1ccc(NCc2cc(Br)c3c(c2)OCO3)cc1. The lowest BCUT2D eigenvalue weighted by Crippen LogP contribution is -1.99. The van der Waals surface area contributed by atoms with Crippen molar-refractivity contribution in [1.82, 2.24) is 0 Å². The van der Waals surface area contributed by atoms with Gasteiger partial charge in [0.2, 0.25) is 6.79 Å². The van der Waals surface area contributed by atoms with Gasteiger partial charge < -0.3 is 14.8 Å². The van der Waals surface area contributed by atoms with Crippen LogP contribution in [0.3, 0.4) is 0 Å². The van der Waals surface area contributed by atoms with Crippen molar-refractivity contribution in [3.8, 4) is 11.5 Å². The molecule has 2 aromatic rings. The third kappa shape index (κ3) is 2.75. The van der Waals surface area contributed by atoms with Crippen molar-refractivity contribution >= 4 is 21.6 Å². The van der Waals surface area contributed by atoms with Crippen molar-refractivity contribution in [3.05, 3.63) is 52.0 Å². The van der Waals surface area contributed by atoms with Crippen LogP contribution in [0.25, 0.3) is 0 Å². The molecule has 0 amide bonds. The molecule has 3 rings (SSSR count). The number of halogens is 1. The molecule has 0 aromatic heterocycles. The first kappa shape index (κ1) is 13.3. The van der Waals surface area contributed by atoms with Gasteiger partial charge in [0.05, 0.1) is 4.47 Å². The molecular weight excluding hydrogens is 318 g/mol. The van der Waals surface area contributed by atoms with Crippen molar-refractivity contribution in [3.63, 3.8) is 0 Å². The largest absolute Gasteiger partial charge is 0.454 e. The highest BCUT2D eigenvalue weighted by Crippen LogP contribution is 2.40. The predicted molar refractivity (Wildman–Crippen MR) is 83.4 cm³/mol. The highest BCUT2D eigenvalue weighted by molar-refractivity contribution is 9.10. The Hall–Kier alpha value is -1.68. The molecule has 0 spiro atoms. The molecule has 2 aromatic carbocycles. The van der Waals surface area contributed by atoms with Gasteiger partial charge in [0.25, 0.3) is 0 Å². The molecule has 3 nitrogen and oxygen atoms in total. The minimum atomic E-state index is 0.295. The summed E-state index contributed by atoms with van der Waals surface area (Å²) in [4.78, 5) is 0. The summed E-state index contributed by atoms with van der Waals surface area (Å²) in [5.74, 6) is 1.60. The number of rotatable bonds is 4. The minimum absolute atomic E-state index is 0.295. The van der Waals surface area contributed by atoms with Gasteiger partial charge in [-0.3, -0.25) is 0 Å². The first-order valence-electron chi connectivity index (χ1n) is 6.67. The Morgan fingerprint density at radius 3 is 2.65 bits per heavy atom. The maximum atomic E-state index is 5.42. The van der Waals surface area contributed by atoms with Gasteiger partial charge in [-0.05, 0) is 57.7 Å². The van der Waals surface area contributed by atoms with Crippen LogP contribution in [0.2, 0.25) is 0 Å². The zero-order chi connectivity index (χ0) is 13.9. The third-order valence-corrected chi connectivity index (χ3v) is 3.93. The Balaban J connectivity index is 1.70. The summed E-state index contributed by atoms with van der Waals surface area (Å²) in [6.07, 6.45) is 1.06. The summed E-state index contributed by atoms with van der Waals surface area (Å²) in [5, 5.41) is 3.41. The van der Waals surface area contributed by atoms with E-state index in [1.165, 1.54) is 5.56 Å². The topological polar surface area (TPSA) is 30.5 Å². The lowest BCUT2D eigenvalue weighted by molar-refractivity contribution is 0.173. The molecule has 20 heavy (non-hydrogen) atoms. The highest BCUT2D eigenvalue weighted by atomic mass is 79.9. The second-order valence-corrected chi connectivity index (χ2v) is 5.57. The molecule has 1 N–H and O–H groups in total. The molecule has 0 aliphatic carbocycles. The summed E-state index contributed by atoms with van der Waals surface area (Å²) >= 11 is 3.51.